The van der Waals surface area contributed by atoms with E-state index in [0.29, 0.717) is 59.3 Å². The van der Waals surface area contributed by atoms with Crippen LogP contribution in [0.4, 0.5) is 15.0 Å². The molecule has 0 spiro atoms. The summed E-state index contributed by atoms with van der Waals surface area (Å²) in [5.41, 5.74) is -0.226. The van der Waals surface area contributed by atoms with Gasteiger partial charge >= 0.3 is 12.1 Å². The summed E-state index contributed by atoms with van der Waals surface area (Å²) in [5.74, 6) is 1.22. The molecule has 9 nitrogen and oxygen atoms in total. The molecule has 216 valence electrons. The van der Waals surface area contributed by atoms with E-state index in [2.05, 4.69) is 25.7 Å². The Hall–Kier alpha value is -2.11. The third-order valence-electron chi connectivity index (χ3n) is 9.10. The summed E-state index contributed by atoms with van der Waals surface area (Å²) in [7, 11) is 0. The minimum Gasteiger partial charge on any atom is -0.489 e. The van der Waals surface area contributed by atoms with E-state index in [9.17, 15) is 9.18 Å². The van der Waals surface area contributed by atoms with Crippen molar-refractivity contribution in [1.29, 1.82) is 0 Å². The highest BCUT2D eigenvalue weighted by atomic mass is 79.9. The minimum atomic E-state index is -0.832. The lowest BCUT2D eigenvalue weighted by atomic mass is 9.95. The van der Waals surface area contributed by atoms with Crippen molar-refractivity contribution in [3.63, 3.8) is 0 Å². The molecule has 5 aliphatic heterocycles. The van der Waals surface area contributed by atoms with Crippen LogP contribution in [0, 0.1) is 0 Å². The van der Waals surface area contributed by atoms with Gasteiger partial charge in [0, 0.05) is 24.0 Å². The molecule has 5 aliphatic rings. The monoisotopic (exact) mass is 637 g/mol. The van der Waals surface area contributed by atoms with E-state index in [1.807, 2.05) is 31.7 Å². The zero-order valence-corrected chi connectivity index (χ0v) is 25.3. The first kappa shape index (κ1) is 26.8. The Bertz CT molecular complexity index is 1380. The normalized spacial score (nSPS) is 31.1. The molecule has 0 radical (unpaired) electrons. The Balaban J connectivity index is 1.25. The Morgan fingerprint density at radius 3 is 2.90 bits per heavy atom. The highest BCUT2D eigenvalue weighted by Crippen LogP contribution is 2.48. The number of halogens is 3. The predicted octanol–water partition coefficient (Wildman–Crippen LogP) is 5.35. The molecule has 6 heterocycles. The van der Waals surface area contributed by atoms with Crippen LogP contribution >= 0.6 is 27.5 Å². The van der Waals surface area contributed by atoms with E-state index >= 15 is 0 Å². The van der Waals surface area contributed by atoms with Gasteiger partial charge in [0.15, 0.2) is 5.75 Å². The van der Waals surface area contributed by atoms with E-state index in [1.54, 1.807) is 0 Å². The standard InChI is InChI=1S/C28H34BrClFN5O4/c1-27(2,3)40-26(37)36-16-5-6-19(36)20-13-38-23-21-18(9-17(29)22(23)30)32-25(33-24(21)35(20)12-16)39-14-28-7-4-8-34(28)11-15(31)10-28/h9,15-16,19-20H,4-8,10-14H2,1-3H3/t15-,16-,19+,20-,28+/m1/s1. The maximum absolute atomic E-state index is 14.4. The number of piperazine rings is 1. The van der Waals surface area contributed by atoms with E-state index in [4.69, 9.17) is 35.8 Å². The van der Waals surface area contributed by atoms with Gasteiger partial charge in [0.25, 0.3) is 0 Å². The fraction of sp³-hybridized carbons (Fsp3) is 0.679. The van der Waals surface area contributed by atoms with Crippen LogP contribution in [0.3, 0.4) is 0 Å². The highest BCUT2D eigenvalue weighted by molar-refractivity contribution is 9.10. The topological polar surface area (TPSA) is 80.3 Å². The van der Waals surface area contributed by atoms with E-state index in [1.165, 1.54) is 0 Å². The number of fused-ring (bicyclic) bond motifs is 6. The quantitative estimate of drug-likeness (QED) is 0.445. The molecular weight excluding hydrogens is 605 g/mol. The lowest BCUT2D eigenvalue weighted by Gasteiger charge is -2.46. The van der Waals surface area contributed by atoms with Gasteiger partial charge in [-0.25, -0.2) is 9.18 Å². The Kier molecular flexibility index (Phi) is 6.33. The van der Waals surface area contributed by atoms with Gasteiger partial charge in [-0.15, -0.1) is 0 Å². The third-order valence-corrected chi connectivity index (χ3v) is 10.3. The summed E-state index contributed by atoms with van der Waals surface area (Å²) in [6.07, 6.45) is 3.03. The van der Waals surface area contributed by atoms with Gasteiger partial charge in [-0.05, 0) is 75.0 Å². The van der Waals surface area contributed by atoms with Crippen molar-refractivity contribution >= 4 is 50.3 Å². The Labute approximate surface area is 246 Å². The van der Waals surface area contributed by atoms with Gasteiger partial charge in [-0.2, -0.15) is 9.97 Å². The first-order chi connectivity index (χ1) is 19.0. The molecule has 1 aromatic carbocycles. The zero-order valence-electron chi connectivity index (χ0n) is 23.0. The molecule has 2 aromatic rings. The first-order valence-electron chi connectivity index (χ1n) is 14.2. The molecule has 12 heteroatoms. The maximum atomic E-state index is 14.4. The molecule has 1 aromatic heterocycles. The largest absolute Gasteiger partial charge is 0.489 e. The average molecular weight is 639 g/mol. The van der Waals surface area contributed by atoms with E-state index < -0.39 is 11.8 Å². The number of carbonyl (C=O) groups is 1. The van der Waals surface area contributed by atoms with Crippen LogP contribution in [0.1, 0.15) is 52.9 Å². The molecule has 1 amide bonds. The second kappa shape index (κ2) is 9.46. The molecule has 40 heavy (non-hydrogen) atoms. The number of hydrogen-bond acceptors (Lipinski definition) is 8. The average Bonchev–Trinajstić information content (AvgIpc) is 3.47. The SMILES string of the molecule is CC(C)(C)OC(=O)N1[C@@H]2CC[C@H]1[C@H]1COc3c(Cl)c(Br)cc4nc(OC[C@@]56CCCN5C[C@H](F)C6)nc(c34)N1C2. The third kappa shape index (κ3) is 4.29. The number of ether oxygens (including phenoxy) is 3. The number of nitrogens with zero attached hydrogens (tertiary/aromatic N) is 5. The van der Waals surface area contributed by atoms with Crippen LogP contribution in [-0.2, 0) is 4.74 Å². The summed E-state index contributed by atoms with van der Waals surface area (Å²) in [6, 6.07) is 1.87. The van der Waals surface area contributed by atoms with Crippen molar-refractivity contribution in [2.45, 2.75) is 88.3 Å². The smallest absolute Gasteiger partial charge is 0.410 e. The molecule has 0 N–H and O–H groups in total. The van der Waals surface area contributed by atoms with E-state index in [-0.39, 0.29) is 35.8 Å². The number of anilines is 1. The van der Waals surface area contributed by atoms with Crippen molar-refractivity contribution in [2.24, 2.45) is 0 Å². The van der Waals surface area contributed by atoms with Crippen LogP contribution in [0.2, 0.25) is 5.02 Å². The van der Waals surface area contributed by atoms with Crippen LogP contribution in [0.15, 0.2) is 10.5 Å². The Morgan fingerprint density at radius 1 is 1.27 bits per heavy atom. The number of rotatable bonds is 3. The number of hydrogen-bond donors (Lipinski definition) is 0. The van der Waals surface area contributed by atoms with Gasteiger partial charge < -0.3 is 19.1 Å². The number of benzene rings is 1. The minimum absolute atomic E-state index is 0.0103. The van der Waals surface area contributed by atoms with Gasteiger partial charge in [0.05, 0.1) is 39.6 Å². The summed E-state index contributed by atoms with van der Waals surface area (Å²) in [4.78, 5) is 29.3. The van der Waals surface area contributed by atoms with Crippen LogP contribution in [0.5, 0.6) is 11.8 Å². The van der Waals surface area contributed by atoms with Crippen LogP contribution < -0.4 is 14.4 Å². The number of alkyl halides is 1. The van der Waals surface area contributed by atoms with E-state index in [0.717, 1.165) is 37.6 Å². The maximum Gasteiger partial charge on any atom is 0.410 e. The van der Waals surface area contributed by atoms with Gasteiger partial charge in [-0.3, -0.25) is 9.80 Å². The lowest BCUT2D eigenvalue weighted by Crippen LogP contribution is -2.63. The van der Waals surface area contributed by atoms with Crippen LogP contribution in [-0.4, -0.2) is 94.1 Å². The lowest BCUT2D eigenvalue weighted by molar-refractivity contribution is 0.00545. The molecule has 4 fully saturated rings. The molecule has 2 bridgehead atoms. The second-order valence-electron chi connectivity index (χ2n) is 12.8. The molecule has 5 atom stereocenters. The van der Waals surface area contributed by atoms with Crippen molar-refractivity contribution in [3.8, 4) is 11.8 Å². The molecule has 7 rings (SSSR count). The number of amides is 1. The highest BCUT2D eigenvalue weighted by Gasteiger charge is 2.52. The van der Waals surface area contributed by atoms with Crippen molar-refractivity contribution < 1.29 is 23.4 Å². The van der Waals surface area contributed by atoms with Gasteiger partial charge in [0.1, 0.15) is 30.8 Å². The van der Waals surface area contributed by atoms with Crippen molar-refractivity contribution in [2.75, 3.05) is 37.7 Å². The molecule has 4 saturated heterocycles. The van der Waals surface area contributed by atoms with Gasteiger partial charge in [0.2, 0.25) is 0 Å². The zero-order chi connectivity index (χ0) is 28.0. The fourth-order valence-electron chi connectivity index (χ4n) is 7.48. The number of carbonyl (C=O) groups excluding carboxylic acids is 1. The molecular formula is C28H34BrClFN5O4. The summed E-state index contributed by atoms with van der Waals surface area (Å²) >= 11 is 10.3. The van der Waals surface area contributed by atoms with Gasteiger partial charge in [-0.1, -0.05) is 11.6 Å². The number of aromatic nitrogens is 2. The van der Waals surface area contributed by atoms with Crippen LogP contribution in [0.25, 0.3) is 10.9 Å². The first-order valence-corrected chi connectivity index (χ1v) is 15.3. The molecule has 0 saturated carbocycles. The molecule has 0 aliphatic carbocycles. The summed E-state index contributed by atoms with van der Waals surface area (Å²) in [6.45, 7) is 8.29. The predicted molar refractivity (Wildman–Crippen MR) is 152 cm³/mol. The second-order valence-corrected chi connectivity index (χ2v) is 14.0. The molecule has 0 unspecified atom stereocenters. The summed E-state index contributed by atoms with van der Waals surface area (Å²) in [5, 5.41) is 1.19. The van der Waals surface area contributed by atoms with Crippen molar-refractivity contribution in [1.82, 2.24) is 19.8 Å². The van der Waals surface area contributed by atoms with Crippen molar-refractivity contribution in [3.05, 3.63) is 15.6 Å². The fourth-order valence-corrected chi connectivity index (χ4v) is 8.08. The Morgan fingerprint density at radius 2 is 2.10 bits per heavy atom. The summed E-state index contributed by atoms with van der Waals surface area (Å²) < 4.78 is 33.5.